The van der Waals surface area contributed by atoms with E-state index in [2.05, 4.69) is 19.2 Å². The molecule has 5 nitrogen and oxygen atoms in total. The molecule has 0 spiro atoms. The molecule has 0 saturated carbocycles. The molecule has 130 valence electrons. The van der Waals surface area contributed by atoms with E-state index in [4.69, 9.17) is 4.74 Å². The second-order valence-corrected chi connectivity index (χ2v) is 6.26. The third kappa shape index (κ3) is 3.75. The maximum atomic E-state index is 13.2. The van der Waals surface area contributed by atoms with Crippen molar-refractivity contribution in [2.45, 2.75) is 33.2 Å². The summed E-state index contributed by atoms with van der Waals surface area (Å²) in [5.74, 6) is -0.446. The number of amides is 2. The van der Waals surface area contributed by atoms with Gasteiger partial charge >= 0.3 is 12.0 Å². The Hall–Kier alpha value is -2.37. The largest absolute Gasteiger partial charge is 0.466 e. The molecular formula is C18H23FN2O3. The van der Waals surface area contributed by atoms with Gasteiger partial charge in [0.2, 0.25) is 0 Å². The molecule has 0 saturated heterocycles. The van der Waals surface area contributed by atoms with Crippen LogP contribution >= 0.6 is 0 Å². The maximum absolute atomic E-state index is 13.2. The highest BCUT2D eigenvalue weighted by atomic mass is 19.1. The van der Waals surface area contributed by atoms with Gasteiger partial charge in [0.05, 0.1) is 18.7 Å². The molecule has 0 aliphatic carbocycles. The van der Waals surface area contributed by atoms with Crippen LogP contribution in [0.4, 0.5) is 9.18 Å². The first-order chi connectivity index (χ1) is 11.3. The second kappa shape index (κ2) is 7.47. The molecule has 0 fully saturated rings. The molecule has 0 radical (unpaired) electrons. The zero-order valence-corrected chi connectivity index (χ0v) is 14.4. The number of carbonyl (C=O) groups is 2. The van der Waals surface area contributed by atoms with Crippen LogP contribution in [-0.2, 0) is 9.53 Å². The summed E-state index contributed by atoms with van der Waals surface area (Å²) < 4.78 is 18.1. The summed E-state index contributed by atoms with van der Waals surface area (Å²) in [4.78, 5) is 26.3. The minimum Gasteiger partial charge on any atom is -0.466 e. The molecule has 1 N–H and O–H groups in total. The second-order valence-electron chi connectivity index (χ2n) is 6.26. The molecule has 1 heterocycles. The minimum atomic E-state index is -0.652. The zero-order chi connectivity index (χ0) is 17.9. The van der Waals surface area contributed by atoms with Crippen LogP contribution < -0.4 is 5.32 Å². The Balaban J connectivity index is 2.43. The summed E-state index contributed by atoms with van der Waals surface area (Å²) in [6.07, 6.45) is 0.820. The number of esters is 1. The van der Waals surface area contributed by atoms with Gasteiger partial charge in [-0.15, -0.1) is 0 Å². The fourth-order valence-corrected chi connectivity index (χ4v) is 2.72. The number of nitrogens with zero attached hydrogens (tertiary/aromatic N) is 1. The van der Waals surface area contributed by atoms with E-state index in [0.29, 0.717) is 29.3 Å². The van der Waals surface area contributed by atoms with Gasteiger partial charge in [0.1, 0.15) is 5.82 Å². The van der Waals surface area contributed by atoms with Gasteiger partial charge in [-0.2, -0.15) is 0 Å². The molecule has 1 aromatic carbocycles. The van der Waals surface area contributed by atoms with Crippen molar-refractivity contribution in [1.29, 1.82) is 0 Å². The lowest BCUT2D eigenvalue weighted by Gasteiger charge is -2.35. The SMILES string of the molecule is COC(=O)C1=C(C)N(CCC(C)C)C(=O)N[C@@H]1c1ccc(F)cc1. The van der Waals surface area contributed by atoms with Gasteiger partial charge in [-0.3, -0.25) is 4.90 Å². The lowest BCUT2D eigenvalue weighted by atomic mass is 9.94. The van der Waals surface area contributed by atoms with E-state index in [-0.39, 0.29) is 11.8 Å². The van der Waals surface area contributed by atoms with Crippen molar-refractivity contribution >= 4 is 12.0 Å². The first-order valence-electron chi connectivity index (χ1n) is 7.97. The summed E-state index contributed by atoms with van der Waals surface area (Å²) >= 11 is 0. The number of nitrogens with one attached hydrogen (secondary N) is 1. The lowest BCUT2D eigenvalue weighted by Crippen LogP contribution is -2.48. The molecule has 6 heteroatoms. The predicted molar refractivity (Wildman–Crippen MR) is 88.5 cm³/mol. The summed E-state index contributed by atoms with van der Waals surface area (Å²) in [5.41, 5.74) is 1.57. The van der Waals surface area contributed by atoms with Gasteiger partial charge in [0.25, 0.3) is 0 Å². The standard InChI is InChI=1S/C18H23FN2O3/c1-11(2)9-10-21-12(3)15(17(22)24-4)16(20-18(21)23)13-5-7-14(19)8-6-13/h5-8,11,16H,9-10H2,1-4H3,(H,20,23)/t16-/m1/s1. The van der Waals surface area contributed by atoms with Gasteiger partial charge in [-0.1, -0.05) is 26.0 Å². The number of allylic oxidation sites excluding steroid dienone is 1. The van der Waals surface area contributed by atoms with E-state index in [9.17, 15) is 14.0 Å². The maximum Gasteiger partial charge on any atom is 0.337 e. The van der Waals surface area contributed by atoms with E-state index in [1.807, 2.05) is 0 Å². The van der Waals surface area contributed by atoms with Crippen LogP contribution in [0.2, 0.25) is 0 Å². The number of carbonyl (C=O) groups excluding carboxylic acids is 2. The summed E-state index contributed by atoms with van der Waals surface area (Å²) in [6.45, 7) is 6.40. The van der Waals surface area contributed by atoms with E-state index in [1.54, 1.807) is 24.0 Å². The van der Waals surface area contributed by atoms with Crippen LogP contribution in [0.1, 0.15) is 38.8 Å². The minimum absolute atomic E-state index is 0.268. The average Bonchev–Trinajstić information content (AvgIpc) is 2.54. The average molecular weight is 334 g/mol. The number of urea groups is 1. The molecule has 24 heavy (non-hydrogen) atoms. The number of halogens is 1. The monoisotopic (exact) mass is 334 g/mol. The van der Waals surface area contributed by atoms with Crippen LogP contribution in [0.15, 0.2) is 35.5 Å². The van der Waals surface area contributed by atoms with Gasteiger partial charge in [-0.25, -0.2) is 14.0 Å². The van der Waals surface area contributed by atoms with Crippen LogP contribution in [0.25, 0.3) is 0 Å². The lowest BCUT2D eigenvalue weighted by molar-refractivity contribution is -0.136. The Labute approximate surface area is 141 Å². The molecular weight excluding hydrogens is 311 g/mol. The fraction of sp³-hybridized carbons (Fsp3) is 0.444. The predicted octanol–water partition coefficient (Wildman–Crippen LogP) is 3.39. The number of ether oxygens (including phenoxy) is 1. The summed E-state index contributed by atoms with van der Waals surface area (Å²) in [7, 11) is 1.30. The highest BCUT2D eigenvalue weighted by Crippen LogP contribution is 2.31. The topological polar surface area (TPSA) is 58.6 Å². The number of methoxy groups -OCH3 is 1. The Morgan fingerprint density at radius 1 is 1.33 bits per heavy atom. The molecule has 2 rings (SSSR count). The van der Waals surface area contributed by atoms with Crippen molar-refractivity contribution in [3.63, 3.8) is 0 Å². The highest BCUT2D eigenvalue weighted by molar-refractivity contribution is 5.94. The van der Waals surface area contributed by atoms with Gasteiger partial charge in [0, 0.05) is 12.2 Å². The summed E-state index contributed by atoms with van der Waals surface area (Å²) in [5, 5.41) is 2.83. The third-order valence-corrected chi connectivity index (χ3v) is 4.14. The van der Waals surface area contributed by atoms with Gasteiger partial charge < -0.3 is 10.1 Å². The fourth-order valence-electron chi connectivity index (χ4n) is 2.72. The Morgan fingerprint density at radius 3 is 2.50 bits per heavy atom. The van der Waals surface area contributed by atoms with Crippen LogP contribution in [-0.4, -0.2) is 30.6 Å². The first-order valence-corrected chi connectivity index (χ1v) is 7.97. The number of rotatable bonds is 5. The number of hydrogen-bond acceptors (Lipinski definition) is 3. The molecule has 0 unspecified atom stereocenters. The van der Waals surface area contributed by atoms with Crippen molar-refractivity contribution in [3.8, 4) is 0 Å². The van der Waals surface area contributed by atoms with E-state index in [1.165, 1.54) is 19.2 Å². The molecule has 1 aromatic rings. The third-order valence-electron chi connectivity index (χ3n) is 4.14. The molecule has 1 atom stereocenters. The van der Waals surface area contributed by atoms with E-state index >= 15 is 0 Å². The number of hydrogen-bond donors (Lipinski definition) is 1. The number of benzene rings is 1. The van der Waals surface area contributed by atoms with Gasteiger partial charge in [0.15, 0.2) is 0 Å². The van der Waals surface area contributed by atoms with Crippen molar-refractivity contribution in [2.75, 3.05) is 13.7 Å². The molecule has 1 aliphatic rings. The van der Waals surface area contributed by atoms with Gasteiger partial charge in [-0.05, 0) is 37.0 Å². The first kappa shape index (κ1) is 18.0. The zero-order valence-electron chi connectivity index (χ0n) is 14.4. The highest BCUT2D eigenvalue weighted by Gasteiger charge is 2.36. The molecule has 2 amide bonds. The van der Waals surface area contributed by atoms with Crippen molar-refractivity contribution in [3.05, 3.63) is 46.9 Å². The van der Waals surface area contributed by atoms with Crippen molar-refractivity contribution < 1.29 is 18.7 Å². The van der Waals surface area contributed by atoms with E-state index < -0.39 is 12.0 Å². The van der Waals surface area contributed by atoms with E-state index in [0.717, 1.165) is 6.42 Å². The molecule has 0 aromatic heterocycles. The van der Waals surface area contributed by atoms with Crippen molar-refractivity contribution in [2.24, 2.45) is 5.92 Å². The normalized spacial score (nSPS) is 18.0. The smallest absolute Gasteiger partial charge is 0.337 e. The van der Waals surface area contributed by atoms with Crippen LogP contribution in [0, 0.1) is 11.7 Å². The Morgan fingerprint density at radius 2 is 1.96 bits per heavy atom. The van der Waals surface area contributed by atoms with Crippen LogP contribution in [0.3, 0.4) is 0 Å². The molecule has 1 aliphatic heterocycles. The quantitative estimate of drug-likeness (QED) is 0.840. The summed E-state index contributed by atoms with van der Waals surface area (Å²) in [6, 6.07) is 4.80. The Bertz CT molecular complexity index is 653. The van der Waals surface area contributed by atoms with Crippen LogP contribution in [0.5, 0.6) is 0 Å². The Kier molecular flexibility index (Phi) is 5.59. The molecule has 0 bridgehead atoms. The van der Waals surface area contributed by atoms with Crippen molar-refractivity contribution in [1.82, 2.24) is 10.2 Å².